The fourth-order valence-corrected chi connectivity index (χ4v) is 1.86. The number of hydrogen-bond donors (Lipinski definition) is 2. The lowest BCUT2D eigenvalue weighted by atomic mass is 10.2. The summed E-state index contributed by atoms with van der Waals surface area (Å²) in [5.41, 5.74) is 0.574. The van der Waals surface area contributed by atoms with Crippen molar-refractivity contribution in [3.05, 3.63) is 58.5 Å². The van der Waals surface area contributed by atoms with Crippen LogP contribution in [0.1, 0.15) is 11.6 Å². The molecule has 0 saturated heterocycles. The number of nitrogens with one attached hydrogen (secondary N) is 2. The van der Waals surface area contributed by atoms with Crippen LogP contribution in [0.4, 0.5) is 0 Å². The highest BCUT2D eigenvalue weighted by atomic mass is 16.5. The number of aromatic nitrogens is 3. The number of fused-ring (bicyclic) bond motifs is 1. The van der Waals surface area contributed by atoms with Crippen molar-refractivity contribution in [1.29, 1.82) is 0 Å². The first-order valence-corrected chi connectivity index (χ1v) is 5.91. The van der Waals surface area contributed by atoms with Crippen LogP contribution in [0.25, 0.3) is 10.9 Å². The molecule has 2 aromatic heterocycles. The van der Waals surface area contributed by atoms with Gasteiger partial charge < -0.3 is 14.8 Å². The first-order valence-electron chi connectivity index (χ1n) is 5.91. The molecule has 2 N–H and O–H groups in total. The van der Waals surface area contributed by atoms with Gasteiger partial charge in [0.05, 0.1) is 30.2 Å². The molecule has 1 aromatic carbocycles. The maximum absolute atomic E-state index is 11.8. The maximum atomic E-state index is 11.8. The molecule has 0 amide bonds. The third-order valence-electron chi connectivity index (χ3n) is 2.74. The van der Waals surface area contributed by atoms with Gasteiger partial charge in [-0.25, -0.2) is 4.98 Å². The SMILES string of the molecule is O=c1[nH]c(CNCc2ccno2)nc2ccccc12. The van der Waals surface area contributed by atoms with Gasteiger partial charge in [0.1, 0.15) is 11.6 Å². The summed E-state index contributed by atoms with van der Waals surface area (Å²) >= 11 is 0. The molecule has 3 rings (SSSR count). The van der Waals surface area contributed by atoms with Gasteiger partial charge in [-0.15, -0.1) is 0 Å². The molecule has 6 nitrogen and oxygen atoms in total. The maximum Gasteiger partial charge on any atom is 0.258 e. The Balaban J connectivity index is 1.76. The van der Waals surface area contributed by atoms with E-state index in [1.807, 2.05) is 18.2 Å². The normalized spacial score (nSPS) is 10.9. The molecule has 0 fully saturated rings. The topological polar surface area (TPSA) is 83.8 Å². The van der Waals surface area contributed by atoms with Crippen LogP contribution >= 0.6 is 0 Å². The van der Waals surface area contributed by atoms with Crippen LogP contribution in [-0.4, -0.2) is 15.1 Å². The van der Waals surface area contributed by atoms with E-state index in [9.17, 15) is 4.79 Å². The molecule has 0 unspecified atom stereocenters. The molecule has 0 saturated carbocycles. The van der Waals surface area contributed by atoms with Crippen molar-refractivity contribution >= 4 is 10.9 Å². The first kappa shape index (κ1) is 11.6. The number of nitrogens with zero attached hydrogens (tertiary/aromatic N) is 2. The molecule has 0 spiro atoms. The van der Waals surface area contributed by atoms with Crippen LogP contribution < -0.4 is 10.9 Å². The highest BCUT2D eigenvalue weighted by molar-refractivity contribution is 5.77. The van der Waals surface area contributed by atoms with Crippen molar-refractivity contribution in [1.82, 2.24) is 20.4 Å². The summed E-state index contributed by atoms with van der Waals surface area (Å²) in [5.74, 6) is 1.34. The Morgan fingerprint density at radius 2 is 2.11 bits per heavy atom. The van der Waals surface area contributed by atoms with Gasteiger partial charge in [-0.2, -0.15) is 0 Å². The quantitative estimate of drug-likeness (QED) is 0.732. The molecular formula is C13H12N4O2. The van der Waals surface area contributed by atoms with Crippen LogP contribution in [0.3, 0.4) is 0 Å². The third kappa shape index (κ3) is 2.53. The standard InChI is InChI=1S/C13H12N4O2/c18-13-10-3-1-2-4-11(10)16-12(17-13)8-14-7-9-5-6-15-19-9/h1-6,14H,7-8H2,(H,16,17,18). The van der Waals surface area contributed by atoms with Crippen LogP contribution in [0, 0.1) is 0 Å². The summed E-state index contributed by atoms with van der Waals surface area (Å²) in [6.45, 7) is 0.997. The van der Waals surface area contributed by atoms with E-state index in [1.165, 1.54) is 0 Å². The number of aromatic amines is 1. The summed E-state index contributed by atoms with van der Waals surface area (Å²) in [7, 11) is 0. The minimum absolute atomic E-state index is 0.123. The largest absolute Gasteiger partial charge is 0.360 e. The second kappa shape index (κ2) is 5.03. The van der Waals surface area contributed by atoms with Gasteiger partial charge in [-0.3, -0.25) is 4.79 Å². The van der Waals surface area contributed by atoms with Crippen molar-refractivity contribution in [2.75, 3.05) is 0 Å². The summed E-state index contributed by atoms with van der Waals surface area (Å²) in [6.07, 6.45) is 1.59. The summed E-state index contributed by atoms with van der Waals surface area (Å²) in [4.78, 5) is 19.0. The van der Waals surface area contributed by atoms with E-state index in [1.54, 1.807) is 18.3 Å². The summed E-state index contributed by atoms with van der Waals surface area (Å²) in [6, 6.07) is 9.04. The van der Waals surface area contributed by atoms with Crippen molar-refractivity contribution in [3.63, 3.8) is 0 Å². The zero-order chi connectivity index (χ0) is 13.1. The zero-order valence-electron chi connectivity index (χ0n) is 10.1. The lowest BCUT2D eigenvalue weighted by Gasteiger charge is -2.03. The fraction of sp³-hybridized carbons (Fsp3) is 0.154. The predicted molar refractivity (Wildman–Crippen MR) is 69.4 cm³/mol. The first-order chi connectivity index (χ1) is 9.33. The van der Waals surface area contributed by atoms with Crippen LogP contribution in [-0.2, 0) is 13.1 Å². The van der Waals surface area contributed by atoms with Crippen LogP contribution in [0.5, 0.6) is 0 Å². The van der Waals surface area contributed by atoms with Crippen LogP contribution in [0.2, 0.25) is 0 Å². The van der Waals surface area contributed by atoms with Crippen molar-refractivity contribution in [2.45, 2.75) is 13.1 Å². The average Bonchev–Trinajstić information content (AvgIpc) is 2.92. The van der Waals surface area contributed by atoms with Gasteiger partial charge in [0.2, 0.25) is 0 Å². The van der Waals surface area contributed by atoms with Gasteiger partial charge >= 0.3 is 0 Å². The molecule has 0 radical (unpaired) electrons. The van der Waals surface area contributed by atoms with Gasteiger partial charge in [-0.05, 0) is 12.1 Å². The van der Waals surface area contributed by atoms with Gasteiger partial charge in [0.15, 0.2) is 0 Å². The zero-order valence-corrected chi connectivity index (χ0v) is 10.1. The van der Waals surface area contributed by atoms with Crippen LogP contribution in [0.15, 0.2) is 45.8 Å². The Morgan fingerprint density at radius 3 is 2.95 bits per heavy atom. The van der Waals surface area contributed by atoms with E-state index < -0.39 is 0 Å². The van der Waals surface area contributed by atoms with Crippen molar-refractivity contribution in [3.8, 4) is 0 Å². The lowest BCUT2D eigenvalue weighted by molar-refractivity contribution is 0.372. The molecule has 19 heavy (non-hydrogen) atoms. The Bertz CT molecular complexity index is 734. The molecule has 0 bridgehead atoms. The molecule has 96 valence electrons. The number of H-pyrrole nitrogens is 1. The van der Waals surface area contributed by atoms with Crippen molar-refractivity contribution in [2.24, 2.45) is 0 Å². The lowest BCUT2D eigenvalue weighted by Crippen LogP contribution is -2.19. The average molecular weight is 256 g/mol. The number of hydrogen-bond acceptors (Lipinski definition) is 5. The van der Waals surface area contributed by atoms with E-state index in [-0.39, 0.29) is 5.56 Å². The second-order valence-electron chi connectivity index (χ2n) is 4.11. The summed E-state index contributed by atoms with van der Waals surface area (Å²) in [5, 5.41) is 7.34. The number of rotatable bonds is 4. The van der Waals surface area contributed by atoms with E-state index in [0.717, 1.165) is 5.76 Å². The molecule has 2 heterocycles. The third-order valence-corrected chi connectivity index (χ3v) is 2.74. The van der Waals surface area contributed by atoms with E-state index in [4.69, 9.17) is 4.52 Å². The predicted octanol–water partition coefficient (Wildman–Crippen LogP) is 1.20. The molecule has 3 aromatic rings. The highest BCUT2D eigenvalue weighted by Crippen LogP contribution is 2.05. The summed E-state index contributed by atoms with van der Waals surface area (Å²) < 4.78 is 4.96. The number of para-hydroxylation sites is 1. The molecule has 0 aliphatic rings. The highest BCUT2D eigenvalue weighted by Gasteiger charge is 2.03. The van der Waals surface area contributed by atoms with E-state index in [2.05, 4.69) is 20.4 Å². The fourth-order valence-electron chi connectivity index (χ4n) is 1.86. The molecule has 0 atom stereocenters. The Labute approximate surface area is 108 Å². The van der Waals surface area contributed by atoms with Gasteiger partial charge in [-0.1, -0.05) is 17.3 Å². The van der Waals surface area contributed by atoms with E-state index >= 15 is 0 Å². The Hall–Kier alpha value is -2.47. The minimum atomic E-state index is -0.123. The Morgan fingerprint density at radius 1 is 1.21 bits per heavy atom. The van der Waals surface area contributed by atoms with Gasteiger partial charge in [0.25, 0.3) is 5.56 Å². The van der Waals surface area contributed by atoms with E-state index in [0.29, 0.717) is 29.8 Å². The second-order valence-corrected chi connectivity index (χ2v) is 4.11. The monoisotopic (exact) mass is 256 g/mol. The molecule has 0 aliphatic heterocycles. The van der Waals surface area contributed by atoms with Gasteiger partial charge in [0, 0.05) is 6.07 Å². The Kier molecular flexibility index (Phi) is 3.07. The molecular weight excluding hydrogens is 244 g/mol. The molecule has 0 aliphatic carbocycles. The smallest absolute Gasteiger partial charge is 0.258 e. The molecule has 6 heteroatoms. The number of benzene rings is 1. The minimum Gasteiger partial charge on any atom is -0.360 e. The van der Waals surface area contributed by atoms with Crippen molar-refractivity contribution < 1.29 is 4.52 Å².